The van der Waals surface area contributed by atoms with Crippen LogP contribution in [0.5, 0.6) is 40.2 Å². The van der Waals surface area contributed by atoms with Crippen molar-refractivity contribution in [2.45, 2.75) is 74.6 Å². The number of hydrogen-bond donors (Lipinski definition) is 4. The van der Waals surface area contributed by atoms with Crippen LogP contribution in [0.15, 0.2) is 18.2 Å². The Bertz CT molecular complexity index is 2190. The third-order valence-corrected chi connectivity index (χ3v) is 13.4. The number of nitrogens with one attached hydrogen (secondary N) is 2. The van der Waals surface area contributed by atoms with Gasteiger partial charge in [-0.1, -0.05) is 6.07 Å². The van der Waals surface area contributed by atoms with Crippen molar-refractivity contribution in [1.82, 2.24) is 15.5 Å². The van der Waals surface area contributed by atoms with E-state index in [0.29, 0.717) is 70.2 Å². The highest BCUT2D eigenvalue weighted by atomic mass is 32.2. The Morgan fingerprint density at radius 3 is 2.59 bits per heavy atom. The fourth-order valence-electron chi connectivity index (χ4n) is 9.79. The maximum atomic E-state index is 14.7. The van der Waals surface area contributed by atoms with Crippen LogP contribution < -0.4 is 34.3 Å². The molecule has 0 amide bonds. The van der Waals surface area contributed by atoms with Crippen molar-refractivity contribution in [3.8, 4) is 46.3 Å². The molecule has 10 rings (SSSR count). The molecule has 7 heterocycles. The molecule has 4 N–H and O–H groups in total. The zero-order valence-electron chi connectivity index (χ0n) is 30.4. The molecule has 14 nitrogen and oxygen atoms in total. The van der Waals surface area contributed by atoms with Crippen LogP contribution in [0.4, 0.5) is 0 Å². The summed E-state index contributed by atoms with van der Waals surface area (Å²) in [5.41, 5.74) is 4.33. The fraction of sp³-hybridized carbons (Fsp3) is 0.462. The predicted molar refractivity (Wildman–Crippen MR) is 193 cm³/mol. The number of benzene rings is 3. The summed E-state index contributed by atoms with van der Waals surface area (Å²) in [4.78, 5) is 29.7. The van der Waals surface area contributed by atoms with Gasteiger partial charge in [-0.2, -0.15) is 5.26 Å². The first-order chi connectivity index (χ1) is 26.0. The van der Waals surface area contributed by atoms with Crippen molar-refractivity contribution >= 4 is 23.7 Å². The summed E-state index contributed by atoms with van der Waals surface area (Å²) < 4.78 is 35.9. The third-order valence-electron chi connectivity index (χ3n) is 11.9. The van der Waals surface area contributed by atoms with Gasteiger partial charge in [-0.3, -0.25) is 15.0 Å². The predicted octanol–water partition coefficient (Wildman–Crippen LogP) is 3.64. The molecular weight excluding hydrogens is 717 g/mol. The average Bonchev–Trinajstić information content (AvgIpc) is 3.64. The first-order valence-corrected chi connectivity index (χ1v) is 19.0. The van der Waals surface area contributed by atoms with Crippen LogP contribution in [-0.4, -0.2) is 85.1 Å². The molecule has 0 aliphatic carbocycles. The summed E-state index contributed by atoms with van der Waals surface area (Å²) in [6.07, 6.45) is 1.03. The Morgan fingerprint density at radius 1 is 1.06 bits per heavy atom. The highest BCUT2D eigenvalue weighted by Crippen LogP contribution is 2.63. The number of rotatable bonds is 3. The van der Waals surface area contributed by atoms with Gasteiger partial charge in [0.15, 0.2) is 40.0 Å². The Labute approximate surface area is 315 Å². The van der Waals surface area contributed by atoms with E-state index in [-0.39, 0.29) is 42.4 Å². The van der Waals surface area contributed by atoms with Gasteiger partial charge in [0.2, 0.25) is 6.79 Å². The molecule has 7 aliphatic rings. The topological polar surface area (TPSA) is 181 Å². The van der Waals surface area contributed by atoms with Crippen LogP contribution in [0.2, 0.25) is 0 Å². The molecule has 1 spiro atoms. The van der Waals surface area contributed by atoms with Crippen LogP contribution in [0.3, 0.4) is 0 Å². The van der Waals surface area contributed by atoms with Crippen molar-refractivity contribution in [2.24, 2.45) is 0 Å². The van der Waals surface area contributed by atoms with E-state index < -0.39 is 46.9 Å². The molecule has 3 aromatic rings. The van der Waals surface area contributed by atoms with Gasteiger partial charge in [0.1, 0.15) is 18.4 Å². The van der Waals surface area contributed by atoms with Crippen LogP contribution in [0.25, 0.3) is 0 Å². The largest absolute Gasteiger partial charge is 0.504 e. The molecule has 54 heavy (non-hydrogen) atoms. The summed E-state index contributed by atoms with van der Waals surface area (Å²) in [6.45, 7) is 5.25. The first kappa shape index (κ1) is 34.9. The lowest BCUT2D eigenvalue weighted by Crippen LogP contribution is -2.69. The number of nitriles is 1. The number of aryl methyl sites for hydroxylation is 1. The Hall–Kier alpha value is -4.88. The number of aromatic hydroxyl groups is 2. The third kappa shape index (κ3) is 4.76. The van der Waals surface area contributed by atoms with E-state index in [4.69, 9.17) is 28.4 Å². The SMILES string of the molecule is COc1cc2c(cc1O)CCN[C@]21CS[C@@H]2c3c(OC(C)=O)c(C)c4c(c3[C@H](COC1=O)N1C2[C@H]2N[C@H](Cc3cc(C)c(OC)c(O)c32)[C@@H]1C#N)OCO4. The van der Waals surface area contributed by atoms with Gasteiger partial charge in [0.05, 0.1) is 37.6 Å². The first-order valence-electron chi connectivity index (χ1n) is 17.9. The summed E-state index contributed by atoms with van der Waals surface area (Å²) >= 11 is 1.46. The van der Waals surface area contributed by atoms with Crippen molar-refractivity contribution in [1.29, 1.82) is 5.26 Å². The number of thioether (sulfide) groups is 1. The molecule has 0 radical (unpaired) electrons. The maximum Gasteiger partial charge on any atom is 0.331 e. The number of phenols is 2. The minimum Gasteiger partial charge on any atom is -0.504 e. The number of nitrogens with zero attached hydrogens (tertiary/aromatic N) is 2. The Balaban J connectivity index is 1.32. The minimum atomic E-state index is -1.36. The van der Waals surface area contributed by atoms with Crippen LogP contribution in [-0.2, 0) is 32.7 Å². The molecule has 1 unspecified atom stereocenters. The highest BCUT2D eigenvalue weighted by molar-refractivity contribution is 7.99. The second-order valence-electron chi connectivity index (χ2n) is 14.7. The molecule has 3 aromatic carbocycles. The molecule has 4 bridgehead atoms. The van der Waals surface area contributed by atoms with Crippen LogP contribution >= 0.6 is 11.8 Å². The van der Waals surface area contributed by atoms with Gasteiger partial charge in [-0.15, -0.1) is 11.8 Å². The molecule has 7 aliphatic heterocycles. The van der Waals surface area contributed by atoms with Crippen molar-refractivity contribution < 1.29 is 48.2 Å². The summed E-state index contributed by atoms with van der Waals surface area (Å²) in [5.74, 6) is 0.913. The smallest absolute Gasteiger partial charge is 0.331 e. The normalized spacial score (nSPS) is 28.9. The lowest BCUT2D eigenvalue weighted by molar-refractivity contribution is -0.155. The number of ether oxygens (including phenoxy) is 6. The number of phenolic OH excluding ortho intramolecular Hbond substituents is 2. The molecule has 0 saturated carbocycles. The number of carbonyl (C=O) groups excluding carboxylic acids is 2. The Morgan fingerprint density at radius 2 is 1.85 bits per heavy atom. The standard InChI is InChI=1S/C39H40N4O10S/c1-16-8-20-9-22-23(12-40)43-24-13-50-38(47)39(21-11-26(48-4)25(45)10-19(21)6-7-41-39)14-54-37(31(43)30(42-22)27(20)32(46)33(16)49-5)29-28(24)36-35(51-15-52-36)17(2)34(29)53-18(3)44/h8,10-11,22-24,30-31,37,41-42,45-46H,6-7,9,13-15H2,1-5H3/t22-,23+,24+,30+,31?,37-,39-/m1/s1. The zero-order chi connectivity index (χ0) is 37.8. The van der Waals surface area contributed by atoms with Crippen LogP contribution in [0.1, 0.15) is 68.8 Å². The van der Waals surface area contributed by atoms with Gasteiger partial charge >= 0.3 is 11.9 Å². The van der Waals surface area contributed by atoms with Gasteiger partial charge in [0, 0.05) is 53.6 Å². The molecule has 2 saturated heterocycles. The summed E-state index contributed by atoms with van der Waals surface area (Å²) in [5, 5.41) is 40.3. The van der Waals surface area contributed by atoms with E-state index in [2.05, 4.69) is 21.6 Å². The number of esters is 2. The van der Waals surface area contributed by atoms with Crippen LogP contribution in [0, 0.1) is 25.2 Å². The second kappa shape index (κ2) is 12.6. The number of methoxy groups -OCH3 is 2. The van der Waals surface area contributed by atoms with Crippen molar-refractivity contribution in [3.05, 3.63) is 62.7 Å². The number of carbonyl (C=O) groups is 2. The zero-order valence-corrected chi connectivity index (χ0v) is 31.2. The molecule has 2 fully saturated rings. The van der Waals surface area contributed by atoms with Gasteiger partial charge < -0.3 is 44.0 Å². The molecule has 7 atom stereocenters. The quantitative estimate of drug-likeness (QED) is 0.225. The van der Waals surface area contributed by atoms with E-state index >= 15 is 0 Å². The highest BCUT2D eigenvalue weighted by Gasteiger charge is 2.60. The lowest BCUT2D eigenvalue weighted by Gasteiger charge is -2.59. The molecule has 282 valence electrons. The maximum absolute atomic E-state index is 14.7. The number of hydrogen-bond acceptors (Lipinski definition) is 15. The Kier molecular flexibility index (Phi) is 8.13. The van der Waals surface area contributed by atoms with Gasteiger partial charge in [-0.05, 0) is 61.1 Å². The lowest BCUT2D eigenvalue weighted by atomic mass is 9.72. The second-order valence-corrected chi connectivity index (χ2v) is 15.8. The molecule has 0 aromatic heterocycles. The summed E-state index contributed by atoms with van der Waals surface area (Å²) in [6, 6.07) is 5.06. The van der Waals surface area contributed by atoms with Gasteiger partial charge in [0.25, 0.3) is 0 Å². The van der Waals surface area contributed by atoms with E-state index in [1.165, 1.54) is 32.9 Å². The van der Waals surface area contributed by atoms with E-state index in [0.717, 1.165) is 16.7 Å². The van der Waals surface area contributed by atoms with Crippen molar-refractivity contribution in [3.63, 3.8) is 0 Å². The fourth-order valence-corrected chi connectivity index (χ4v) is 11.5. The minimum absolute atomic E-state index is 0.0248. The van der Waals surface area contributed by atoms with Gasteiger partial charge in [-0.25, -0.2) is 4.79 Å². The van der Waals surface area contributed by atoms with E-state index in [1.807, 2.05) is 19.9 Å². The summed E-state index contributed by atoms with van der Waals surface area (Å²) in [7, 11) is 2.99. The number of piperazine rings is 1. The van der Waals surface area contributed by atoms with E-state index in [9.17, 15) is 25.1 Å². The molecular formula is C39H40N4O10S. The average molecular weight is 757 g/mol. The number of fused-ring (bicyclic) bond motifs is 9. The van der Waals surface area contributed by atoms with E-state index in [1.54, 1.807) is 12.1 Å². The molecule has 15 heteroatoms. The van der Waals surface area contributed by atoms with Crippen molar-refractivity contribution in [2.75, 3.05) is 39.9 Å². The monoisotopic (exact) mass is 756 g/mol.